The molecule has 0 atom stereocenters. The van der Waals surface area contributed by atoms with E-state index in [1.54, 1.807) is 4.90 Å². The summed E-state index contributed by atoms with van der Waals surface area (Å²) in [6.45, 7) is 2.02. The molecule has 4 rings (SSSR count). The van der Waals surface area contributed by atoms with E-state index < -0.39 is 40.0 Å². The number of halogens is 5. The van der Waals surface area contributed by atoms with Gasteiger partial charge in [0.05, 0.1) is 27.1 Å². The third-order valence-electron chi connectivity index (χ3n) is 5.44. The standard InChI is InChI=1S/C22H18ClF4N3O3/c1-12(31)33-13-8-10-29(11-9-13)20-19-16(24)6-3-7-17(19)30(28-20)21(32)18-14(22(25,26)27)4-2-5-15(18)23/h2-7,13H,8-11H2,1H3. The van der Waals surface area contributed by atoms with Gasteiger partial charge in [0.15, 0.2) is 5.82 Å². The molecule has 0 bridgehead atoms. The smallest absolute Gasteiger partial charge is 0.417 e. The fourth-order valence-corrected chi connectivity index (χ4v) is 4.24. The molecule has 0 unspecified atom stereocenters. The van der Waals surface area contributed by atoms with Crippen molar-refractivity contribution in [2.75, 3.05) is 18.0 Å². The number of hydrogen-bond acceptors (Lipinski definition) is 5. The number of alkyl halides is 3. The van der Waals surface area contributed by atoms with Gasteiger partial charge in [-0.3, -0.25) is 9.59 Å². The quantitative estimate of drug-likeness (QED) is 0.384. The summed E-state index contributed by atoms with van der Waals surface area (Å²) in [4.78, 5) is 26.2. The second kappa shape index (κ2) is 8.66. The average Bonchev–Trinajstić information content (AvgIpc) is 3.14. The van der Waals surface area contributed by atoms with Crippen LogP contribution in [0.4, 0.5) is 23.4 Å². The molecule has 1 aliphatic rings. The molecule has 0 aliphatic carbocycles. The Labute approximate surface area is 190 Å². The number of ether oxygens (including phenoxy) is 1. The molecule has 0 amide bonds. The highest BCUT2D eigenvalue weighted by molar-refractivity contribution is 6.34. The van der Waals surface area contributed by atoms with Crippen molar-refractivity contribution in [1.82, 2.24) is 9.78 Å². The maximum Gasteiger partial charge on any atom is 0.417 e. The number of carbonyl (C=O) groups excluding carboxylic acids is 2. The molecule has 1 aliphatic heterocycles. The lowest BCUT2D eigenvalue weighted by atomic mass is 10.1. The summed E-state index contributed by atoms with van der Waals surface area (Å²) in [5, 5.41) is 3.84. The molecule has 6 nitrogen and oxygen atoms in total. The van der Waals surface area contributed by atoms with E-state index in [1.165, 1.54) is 31.2 Å². The molecule has 174 valence electrons. The number of hydrogen-bond donors (Lipinski definition) is 0. The van der Waals surface area contributed by atoms with E-state index in [0.29, 0.717) is 25.9 Å². The van der Waals surface area contributed by atoms with Crippen molar-refractivity contribution in [1.29, 1.82) is 0 Å². The Bertz CT molecular complexity index is 1230. The topological polar surface area (TPSA) is 64.4 Å². The summed E-state index contributed by atoms with van der Waals surface area (Å²) < 4.78 is 61.5. The van der Waals surface area contributed by atoms with Crippen molar-refractivity contribution in [3.8, 4) is 0 Å². The molecule has 0 radical (unpaired) electrons. The van der Waals surface area contributed by atoms with Gasteiger partial charge < -0.3 is 9.64 Å². The monoisotopic (exact) mass is 483 g/mol. The number of fused-ring (bicyclic) bond motifs is 1. The van der Waals surface area contributed by atoms with E-state index in [9.17, 15) is 27.2 Å². The first-order valence-electron chi connectivity index (χ1n) is 10.1. The molecule has 2 heterocycles. The van der Waals surface area contributed by atoms with Gasteiger partial charge in [0, 0.05) is 32.9 Å². The van der Waals surface area contributed by atoms with Crippen molar-refractivity contribution in [2.24, 2.45) is 0 Å². The van der Waals surface area contributed by atoms with Crippen LogP contribution < -0.4 is 4.90 Å². The van der Waals surface area contributed by atoms with Gasteiger partial charge in [-0.25, -0.2) is 4.39 Å². The zero-order chi connectivity index (χ0) is 23.9. The van der Waals surface area contributed by atoms with Crippen LogP contribution >= 0.6 is 11.6 Å². The van der Waals surface area contributed by atoms with Gasteiger partial charge in [-0.1, -0.05) is 23.7 Å². The Morgan fingerprint density at radius 3 is 2.42 bits per heavy atom. The number of aromatic nitrogens is 2. The summed E-state index contributed by atoms with van der Waals surface area (Å²) in [6, 6.07) is 6.97. The highest BCUT2D eigenvalue weighted by Gasteiger charge is 2.37. The van der Waals surface area contributed by atoms with Crippen molar-refractivity contribution < 1.29 is 31.9 Å². The maximum absolute atomic E-state index is 14.8. The number of esters is 1. The molecule has 0 spiro atoms. The highest BCUT2D eigenvalue weighted by atomic mass is 35.5. The van der Waals surface area contributed by atoms with Crippen LogP contribution in [-0.4, -0.2) is 40.9 Å². The molecule has 2 aromatic carbocycles. The van der Waals surface area contributed by atoms with E-state index in [-0.39, 0.29) is 22.8 Å². The first kappa shape index (κ1) is 23.0. The lowest BCUT2D eigenvalue weighted by molar-refractivity contribution is -0.147. The SMILES string of the molecule is CC(=O)OC1CCN(c2nn(C(=O)c3c(Cl)cccc3C(F)(F)F)c3cccc(F)c23)CC1. The number of carbonyl (C=O) groups is 2. The van der Waals surface area contributed by atoms with Gasteiger partial charge in [-0.05, 0) is 24.3 Å². The van der Waals surface area contributed by atoms with Gasteiger partial charge >= 0.3 is 12.1 Å². The van der Waals surface area contributed by atoms with Crippen LogP contribution in [0.25, 0.3) is 10.9 Å². The lowest BCUT2D eigenvalue weighted by Gasteiger charge is -2.31. The van der Waals surface area contributed by atoms with Crippen LogP contribution in [0.5, 0.6) is 0 Å². The van der Waals surface area contributed by atoms with Crippen molar-refractivity contribution >= 4 is 40.2 Å². The number of piperidine rings is 1. The minimum absolute atomic E-state index is 0.0115. The second-order valence-corrected chi connectivity index (χ2v) is 8.04. The number of benzene rings is 2. The van der Waals surface area contributed by atoms with E-state index in [1.807, 2.05) is 0 Å². The molecule has 1 fully saturated rings. The molecule has 1 aromatic heterocycles. The number of nitrogens with zero attached hydrogens (tertiary/aromatic N) is 3. The highest BCUT2D eigenvalue weighted by Crippen LogP contribution is 2.37. The van der Waals surface area contributed by atoms with E-state index in [4.69, 9.17) is 16.3 Å². The maximum atomic E-state index is 14.8. The van der Waals surface area contributed by atoms with Gasteiger partial charge in [-0.2, -0.15) is 17.9 Å². The Morgan fingerprint density at radius 1 is 1.12 bits per heavy atom. The summed E-state index contributed by atoms with van der Waals surface area (Å²) in [6.07, 6.45) is -4.21. The van der Waals surface area contributed by atoms with Crippen LogP contribution in [0.3, 0.4) is 0 Å². The molecular weight excluding hydrogens is 466 g/mol. The molecule has 1 saturated heterocycles. The third kappa shape index (κ3) is 4.39. The van der Waals surface area contributed by atoms with Crippen molar-refractivity contribution in [3.63, 3.8) is 0 Å². The van der Waals surface area contributed by atoms with Crippen LogP contribution in [0.15, 0.2) is 36.4 Å². The van der Waals surface area contributed by atoms with Crippen LogP contribution in [0.1, 0.15) is 35.7 Å². The molecule has 0 saturated carbocycles. The van der Waals surface area contributed by atoms with E-state index >= 15 is 0 Å². The van der Waals surface area contributed by atoms with Crippen molar-refractivity contribution in [3.05, 3.63) is 58.4 Å². The summed E-state index contributed by atoms with van der Waals surface area (Å²) >= 11 is 5.99. The van der Waals surface area contributed by atoms with Crippen LogP contribution in [0, 0.1) is 5.82 Å². The molecule has 3 aromatic rings. The average molecular weight is 484 g/mol. The Hall–Kier alpha value is -3.14. The summed E-state index contributed by atoms with van der Waals surface area (Å²) in [5.74, 6) is -2.07. The summed E-state index contributed by atoms with van der Waals surface area (Å²) in [7, 11) is 0. The predicted molar refractivity (Wildman–Crippen MR) is 113 cm³/mol. The number of rotatable bonds is 3. The van der Waals surface area contributed by atoms with Crippen molar-refractivity contribution in [2.45, 2.75) is 32.0 Å². The number of anilines is 1. The second-order valence-electron chi connectivity index (χ2n) is 7.63. The molecule has 33 heavy (non-hydrogen) atoms. The van der Waals surface area contributed by atoms with Gasteiger partial charge in [0.1, 0.15) is 11.9 Å². The van der Waals surface area contributed by atoms with Gasteiger partial charge in [0.25, 0.3) is 5.91 Å². The fraction of sp³-hybridized carbons (Fsp3) is 0.318. The first-order valence-corrected chi connectivity index (χ1v) is 10.5. The van der Waals surface area contributed by atoms with E-state index in [2.05, 4.69) is 5.10 Å². The largest absolute Gasteiger partial charge is 0.462 e. The van der Waals surface area contributed by atoms with Gasteiger partial charge in [-0.15, -0.1) is 5.10 Å². The Kier molecular flexibility index (Phi) is 6.04. The molecule has 0 N–H and O–H groups in total. The minimum atomic E-state index is -4.83. The third-order valence-corrected chi connectivity index (χ3v) is 5.75. The predicted octanol–water partition coefficient (Wildman–Crippen LogP) is 5.07. The Morgan fingerprint density at radius 2 is 1.79 bits per heavy atom. The zero-order valence-electron chi connectivity index (χ0n) is 17.3. The lowest BCUT2D eigenvalue weighted by Crippen LogP contribution is -2.38. The minimum Gasteiger partial charge on any atom is -0.462 e. The Balaban J connectivity index is 1.78. The van der Waals surface area contributed by atoms with Gasteiger partial charge in [0.2, 0.25) is 0 Å². The first-order chi connectivity index (χ1) is 15.6. The van der Waals surface area contributed by atoms with Crippen LogP contribution in [-0.2, 0) is 15.7 Å². The molecule has 11 heteroatoms. The zero-order valence-corrected chi connectivity index (χ0v) is 18.1. The fourth-order valence-electron chi connectivity index (χ4n) is 3.99. The normalized spacial score (nSPS) is 15.2. The summed E-state index contributed by atoms with van der Waals surface area (Å²) in [5.41, 5.74) is -1.95. The van der Waals surface area contributed by atoms with Crippen LogP contribution in [0.2, 0.25) is 5.02 Å². The molecular formula is C22H18ClF4N3O3. The van der Waals surface area contributed by atoms with E-state index in [0.717, 1.165) is 16.8 Å².